The van der Waals surface area contributed by atoms with Crippen molar-refractivity contribution in [2.75, 3.05) is 7.05 Å². The van der Waals surface area contributed by atoms with Crippen LogP contribution in [0.3, 0.4) is 0 Å². The second-order valence-electron chi connectivity index (χ2n) is 5.63. The molecule has 0 spiro atoms. The quantitative estimate of drug-likeness (QED) is 0.880. The molecule has 0 aliphatic heterocycles. The van der Waals surface area contributed by atoms with Gasteiger partial charge in [-0.05, 0) is 69.3 Å². The fourth-order valence-electron chi connectivity index (χ4n) is 2.86. The molecule has 1 heterocycles. The minimum absolute atomic E-state index is 0.386. The molecule has 1 aliphatic carbocycles. The standard InChI is InChI=1S/C16H21NO/c1-9-7-10(2)13-8-14(18-16(13)11(9)3)15(17-4)12-5-6-12/h7-8,12,15,17H,5-6H2,1-4H3. The number of nitrogens with one attached hydrogen (secondary N) is 1. The first-order chi connectivity index (χ1) is 8.61. The van der Waals surface area contributed by atoms with E-state index in [1.807, 2.05) is 7.05 Å². The highest BCUT2D eigenvalue weighted by Crippen LogP contribution is 2.42. The van der Waals surface area contributed by atoms with E-state index in [1.54, 1.807) is 0 Å². The van der Waals surface area contributed by atoms with Crippen LogP contribution in [0, 0.1) is 26.7 Å². The predicted molar refractivity (Wildman–Crippen MR) is 74.9 cm³/mol. The van der Waals surface area contributed by atoms with Gasteiger partial charge in [-0.1, -0.05) is 6.07 Å². The van der Waals surface area contributed by atoms with Crippen LogP contribution >= 0.6 is 0 Å². The van der Waals surface area contributed by atoms with E-state index in [-0.39, 0.29) is 0 Å². The fourth-order valence-corrected chi connectivity index (χ4v) is 2.86. The second-order valence-corrected chi connectivity index (χ2v) is 5.63. The molecule has 1 aromatic heterocycles. The smallest absolute Gasteiger partial charge is 0.137 e. The summed E-state index contributed by atoms with van der Waals surface area (Å²) in [5.74, 6) is 1.86. The monoisotopic (exact) mass is 243 g/mol. The number of hydrogen-bond donors (Lipinski definition) is 1. The van der Waals surface area contributed by atoms with E-state index in [0.29, 0.717) is 6.04 Å². The zero-order valence-corrected chi connectivity index (χ0v) is 11.6. The Morgan fingerprint density at radius 1 is 1.17 bits per heavy atom. The first-order valence-corrected chi connectivity index (χ1v) is 6.79. The molecule has 1 aliphatic rings. The molecular formula is C16H21NO. The summed E-state index contributed by atoms with van der Waals surface area (Å²) in [7, 11) is 2.03. The molecule has 0 bridgehead atoms. The van der Waals surface area contributed by atoms with Crippen LogP contribution < -0.4 is 5.32 Å². The molecular weight excluding hydrogens is 222 g/mol. The Kier molecular flexibility index (Phi) is 2.70. The second kappa shape index (κ2) is 4.13. The molecule has 2 nitrogen and oxygen atoms in total. The highest BCUT2D eigenvalue weighted by Gasteiger charge is 2.33. The molecule has 1 unspecified atom stereocenters. The van der Waals surface area contributed by atoms with Gasteiger partial charge in [0.05, 0.1) is 6.04 Å². The van der Waals surface area contributed by atoms with Crippen molar-refractivity contribution in [3.8, 4) is 0 Å². The Balaban J connectivity index is 2.15. The molecule has 0 amide bonds. The van der Waals surface area contributed by atoms with Crippen LogP contribution in [0.2, 0.25) is 0 Å². The van der Waals surface area contributed by atoms with Gasteiger partial charge in [-0.2, -0.15) is 0 Å². The third-order valence-corrected chi connectivity index (χ3v) is 4.25. The van der Waals surface area contributed by atoms with E-state index in [9.17, 15) is 0 Å². The summed E-state index contributed by atoms with van der Waals surface area (Å²) in [6.07, 6.45) is 2.64. The summed E-state index contributed by atoms with van der Waals surface area (Å²) in [6.45, 7) is 6.47. The van der Waals surface area contributed by atoms with Crippen molar-refractivity contribution in [2.24, 2.45) is 5.92 Å². The number of fused-ring (bicyclic) bond motifs is 1. The van der Waals surface area contributed by atoms with Crippen molar-refractivity contribution in [3.05, 3.63) is 34.6 Å². The maximum atomic E-state index is 6.15. The first-order valence-electron chi connectivity index (χ1n) is 6.79. The summed E-state index contributed by atoms with van der Waals surface area (Å²) in [5, 5.41) is 4.67. The number of benzene rings is 1. The molecule has 18 heavy (non-hydrogen) atoms. The fraction of sp³-hybridized carbons (Fsp3) is 0.500. The molecule has 1 atom stereocenters. The summed E-state index contributed by atoms with van der Waals surface area (Å²) >= 11 is 0. The van der Waals surface area contributed by atoms with Gasteiger partial charge in [0.25, 0.3) is 0 Å². The highest BCUT2D eigenvalue weighted by molar-refractivity contribution is 5.85. The average molecular weight is 243 g/mol. The Labute approximate surface area is 108 Å². The minimum atomic E-state index is 0.386. The van der Waals surface area contributed by atoms with E-state index in [1.165, 1.54) is 34.9 Å². The average Bonchev–Trinajstić information content (AvgIpc) is 3.06. The van der Waals surface area contributed by atoms with E-state index in [2.05, 4.69) is 38.2 Å². The van der Waals surface area contributed by atoms with Crippen LogP contribution in [0.15, 0.2) is 16.5 Å². The van der Waals surface area contributed by atoms with E-state index < -0.39 is 0 Å². The molecule has 1 aromatic carbocycles. The zero-order valence-electron chi connectivity index (χ0n) is 11.6. The summed E-state index contributed by atoms with van der Waals surface area (Å²) in [5.41, 5.74) is 4.97. The van der Waals surface area contributed by atoms with Gasteiger partial charge in [-0.15, -0.1) is 0 Å². The van der Waals surface area contributed by atoms with Crippen LogP contribution in [-0.2, 0) is 0 Å². The van der Waals surface area contributed by atoms with Gasteiger partial charge < -0.3 is 9.73 Å². The van der Waals surface area contributed by atoms with Gasteiger partial charge in [0.1, 0.15) is 11.3 Å². The van der Waals surface area contributed by atoms with Crippen LogP contribution in [0.1, 0.15) is 41.3 Å². The predicted octanol–water partition coefficient (Wildman–Crippen LogP) is 4.03. The van der Waals surface area contributed by atoms with Gasteiger partial charge >= 0.3 is 0 Å². The third kappa shape index (κ3) is 1.76. The number of hydrogen-bond acceptors (Lipinski definition) is 2. The maximum Gasteiger partial charge on any atom is 0.137 e. The van der Waals surface area contributed by atoms with Gasteiger partial charge in [0, 0.05) is 5.39 Å². The molecule has 0 radical (unpaired) electrons. The number of rotatable bonds is 3. The normalized spacial score (nSPS) is 17.3. The van der Waals surface area contributed by atoms with E-state index in [0.717, 1.165) is 17.3 Å². The van der Waals surface area contributed by atoms with Crippen LogP contribution in [0.5, 0.6) is 0 Å². The van der Waals surface area contributed by atoms with Gasteiger partial charge in [-0.25, -0.2) is 0 Å². The summed E-state index contributed by atoms with van der Waals surface area (Å²) in [4.78, 5) is 0. The zero-order chi connectivity index (χ0) is 12.9. The Morgan fingerprint density at radius 2 is 1.89 bits per heavy atom. The lowest BCUT2D eigenvalue weighted by Gasteiger charge is -2.11. The van der Waals surface area contributed by atoms with Gasteiger partial charge in [-0.3, -0.25) is 0 Å². The van der Waals surface area contributed by atoms with Crippen LogP contribution in [0.25, 0.3) is 11.0 Å². The lowest BCUT2D eigenvalue weighted by atomic mass is 10.0. The number of furan rings is 1. The van der Waals surface area contributed by atoms with Crippen molar-refractivity contribution in [1.29, 1.82) is 0 Å². The largest absolute Gasteiger partial charge is 0.459 e. The van der Waals surface area contributed by atoms with E-state index >= 15 is 0 Å². The molecule has 1 N–H and O–H groups in total. The molecule has 3 rings (SSSR count). The Morgan fingerprint density at radius 3 is 2.50 bits per heavy atom. The minimum Gasteiger partial charge on any atom is -0.459 e. The summed E-state index contributed by atoms with van der Waals surface area (Å²) in [6, 6.07) is 4.87. The maximum absolute atomic E-state index is 6.15. The van der Waals surface area contributed by atoms with Crippen molar-refractivity contribution in [2.45, 2.75) is 39.7 Å². The number of aryl methyl sites for hydroxylation is 3. The Hall–Kier alpha value is -1.28. The highest BCUT2D eigenvalue weighted by atomic mass is 16.3. The third-order valence-electron chi connectivity index (χ3n) is 4.25. The topological polar surface area (TPSA) is 25.2 Å². The lowest BCUT2D eigenvalue weighted by Crippen LogP contribution is -2.17. The molecule has 0 saturated heterocycles. The van der Waals surface area contributed by atoms with Crippen LogP contribution in [0.4, 0.5) is 0 Å². The molecule has 1 fully saturated rings. The molecule has 2 heteroatoms. The lowest BCUT2D eigenvalue weighted by molar-refractivity contribution is 0.418. The van der Waals surface area contributed by atoms with Crippen LogP contribution in [-0.4, -0.2) is 7.05 Å². The van der Waals surface area contributed by atoms with Gasteiger partial charge in [0.2, 0.25) is 0 Å². The van der Waals surface area contributed by atoms with Crippen molar-refractivity contribution >= 4 is 11.0 Å². The van der Waals surface area contributed by atoms with Crippen molar-refractivity contribution < 1.29 is 4.42 Å². The SMILES string of the molecule is CNC(c1cc2c(C)cc(C)c(C)c2o1)C1CC1. The van der Waals surface area contributed by atoms with Gasteiger partial charge in [0.15, 0.2) is 0 Å². The molecule has 2 aromatic rings. The molecule has 96 valence electrons. The van der Waals surface area contributed by atoms with Crippen molar-refractivity contribution in [1.82, 2.24) is 5.32 Å². The van der Waals surface area contributed by atoms with E-state index in [4.69, 9.17) is 4.42 Å². The Bertz CT molecular complexity index is 593. The first kappa shape index (κ1) is 11.8. The summed E-state index contributed by atoms with van der Waals surface area (Å²) < 4.78 is 6.15. The molecule has 1 saturated carbocycles. The van der Waals surface area contributed by atoms with Crippen molar-refractivity contribution in [3.63, 3.8) is 0 Å².